The van der Waals surface area contributed by atoms with Gasteiger partial charge in [0.1, 0.15) is 11.3 Å². The number of fused-ring (bicyclic) bond motifs is 3. The number of pyridine rings is 1. The summed E-state index contributed by atoms with van der Waals surface area (Å²) >= 11 is 0. The van der Waals surface area contributed by atoms with Crippen LogP contribution in [0.25, 0.3) is 21.8 Å². The molecule has 0 bridgehead atoms. The van der Waals surface area contributed by atoms with Crippen LogP contribution >= 0.6 is 0 Å². The summed E-state index contributed by atoms with van der Waals surface area (Å²) in [5.74, 6) is -2.86. The average Bonchev–Trinajstić information content (AvgIpc) is 2.57. The Bertz CT molecular complexity index is 1060. The summed E-state index contributed by atoms with van der Waals surface area (Å²) in [6, 6.07) is 3.02. The van der Waals surface area contributed by atoms with Crippen LogP contribution in [0, 0.1) is 0 Å². The van der Waals surface area contributed by atoms with E-state index in [0.29, 0.717) is 6.07 Å². The van der Waals surface area contributed by atoms with Crippen LogP contribution in [0.3, 0.4) is 0 Å². The second kappa shape index (κ2) is 6.14. The average molecular weight is 387 g/mol. The van der Waals surface area contributed by atoms with Gasteiger partial charge in [0, 0.05) is 28.5 Å². The zero-order valence-electron chi connectivity index (χ0n) is 13.9. The number of carbonyl (C=O) groups is 1. The van der Waals surface area contributed by atoms with Crippen molar-refractivity contribution in [2.75, 3.05) is 0 Å². The van der Waals surface area contributed by atoms with Gasteiger partial charge in [0.05, 0.1) is 5.52 Å². The molecule has 0 aliphatic carbocycles. The van der Waals surface area contributed by atoms with Crippen molar-refractivity contribution < 1.29 is 31.1 Å². The molecule has 0 fully saturated rings. The third kappa shape index (κ3) is 3.31. The Morgan fingerprint density at radius 1 is 1.00 bits per heavy atom. The Morgan fingerprint density at radius 2 is 1.67 bits per heavy atom. The Hall–Kier alpha value is -2.78. The maximum Gasteiger partial charge on any atom is 0.454 e. The molecule has 0 unspecified atom stereocenters. The fourth-order valence-electron chi connectivity index (χ4n) is 2.65. The number of hydrogen-bond acceptors (Lipinski definition) is 4. The number of Topliss-reactive ketones (excluding diaryl/α,β-unsaturated/α-hetero) is 1. The van der Waals surface area contributed by atoms with Gasteiger partial charge in [0.15, 0.2) is 5.69 Å². The maximum absolute atomic E-state index is 13.5. The van der Waals surface area contributed by atoms with Crippen molar-refractivity contribution in [2.24, 2.45) is 0 Å². The van der Waals surface area contributed by atoms with E-state index in [0.717, 1.165) is 0 Å². The van der Waals surface area contributed by atoms with Crippen LogP contribution < -0.4 is 0 Å². The standard InChI is InChI=1S/C17H11F6N3O/c1-7(2)15-25-12-10(13(26-15)16(18,19)20)6-9(14(27)17(21,22)23)8-4-3-5-24-11(8)12/h3-7H,1-2H3. The Labute approximate surface area is 148 Å². The molecule has 0 amide bonds. The fourth-order valence-corrected chi connectivity index (χ4v) is 2.65. The molecule has 1 aromatic carbocycles. The third-order valence-corrected chi connectivity index (χ3v) is 3.86. The van der Waals surface area contributed by atoms with Gasteiger partial charge in [0.2, 0.25) is 0 Å². The number of halogens is 6. The molecule has 27 heavy (non-hydrogen) atoms. The van der Waals surface area contributed by atoms with Crippen molar-refractivity contribution in [2.45, 2.75) is 32.1 Å². The molecule has 0 N–H and O–H groups in total. The first-order valence-electron chi connectivity index (χ1n) is 7.69. The zero-order valence-corrected chi connectivity index (χ0v) is 13.9. The second-order valence-corrected chi connectivity index (χ2v) is 6.13. The Kier molecular flexibility index (Phi) is 4.32. The van der Waals surface area contributed by atoms with E-state index in [1.165, 1.54) is 18.3 Å². The minimum absolute atomic E-state index is 0.128. The largest absolute Gasteiger partial charge is 0.454 e. The molecular weight excluding hydrogens is 376 g/mol. The van der Waals surface area contributed by atoms with Crippen LogP contribution in [0.1, 0.15) is 41.6 Å². The van der Waals surface area contributed by atoms with E-state index >= 15 is 0 Å². The lowest BCUT2D eigenvalue weighted by atomic mass is 9.99. The number of rotatable bonds is 2. The normalized spacial score (nSPS) is 12.9. The molecule has 2 aromatic heterocycles. The lowest BCUT2D eigenvalue weighted by molar-refractivity contribution is -0.140. The molecule has 0 radical (unpaired) electrons. The van der Waals surface area contributed by atoms with E-state index in [1.807, 2.05) is 0 Å². The summed E-state index contributed by atoms with van der Waals surface area (Å²) in [7, 11) is 0. The van der Waals surface area contributed by atoms with Gasteiger partial charge in [-0.3, -0.25) is 9.78 Å². The summed E-state index contributed by atoms with van der Waals surface area (Å²) in [5, 5.41) is -0.931. The van der Waals surface area contributed by atoms with Gasteiger partial charge < -0.3 is 0 Å². The highest BCUT2D eigenvalue weighted by Crippen LogP contribution is 2.38. The molecule has 0 atom stereocenters. The number of aromatic nitrogens is 3. The first-order chi connectivity index (χ1) is 12.4. The lowest BCUT2D eigenvalue weighted by Gasteiger charge is -2.16. The van der Waals surface area contributed by atoms with Crippen molar-refractivity contribution in [3.63, 3.8) is 0 Å². The summed E-state index contributed by atoms with van der Waals surface area (Å²) in [5.41, 5.74) is -2.81. The topological polar surface area (TPSA) is 55.7 Å². The molecule has 4 nitrogen and oxygen atoms in total. The highest BCUT2D eigenvalue weighted by Gasteiger charge is 2.42. The molecule has 0 aliphatic rings. The Morgan fingerprint density at radius 3 is 2.22 bits per heavy atom. The Balaban J connectivity index is 2.54. The van der Waals surface area contributed by atoms with Crippen molar-refractivity contribution in [1.82, 2.24) is 15.0 Å². The number of ketones is 1. The molecule has 0 aliphatic heterocycles. The fraction of sp³-hybridized carbons (Fsp3) is 0.294. The summed E-state index contributed by atoms with van der Waals surface area (Å²) in [4.78, 5) is 23.2. The van der Waals surface area contributed by atoms with Crippen molar-refractivity contribution in [1.29, 1.82) is 0 Å². The van der Waals surface area contributed by atoms with Gasteiger partial charge in [-0.15, -0.1) is 0 Å². The van der Waals surface area contributed by atoms with Crippen LogP contribution in [0.2, 0.25) is 0 Å². The molecule has 142 valence electrons. The highest BCUT2D eigenvalue weighted by atomic mass is 19.4. The van der Waals surface area contributed by atoms with Gasteiger partial charge in [-0.1, -0.05) is 19.9 Å². The molecule has 0 spiro atoms. The quantitative estimate of drug-likeness (QED) is 0.350. The minimum atomic E-state index is -5.26. The predicted molar refractivity (Wildman–Crippen MR) is 84.3 cm³/mol. The van der Waals surface area contributed by atoms with Gasteiger partial charge in [0.25, 0.3) is 5.78 Å². The van der Waals surface area contributed by atoms with Gasteiger partial charge >= 0.3 is 12.4 Å². The molecule has 3 rings (SSSR count). The molecule has 3 aromatic rings. The van der Waals surface area contributed by atoms with Crippen LogP contribution in [-0.2, 0) is 6.18 Å². The van der Waals surface area contributed by atoms with Crippen molar-refractivity contribution in [3.05, 3.63) is 41.5 Å². The van der Waals surface area contributed by atoms with Crippen molar-refractivity contribution >= 4 is 27.6 Å². The molecular formula is C17H11F6N3O. The zero-order chi connectivity index (χ0) is 20.1. The second-order valence-electron chi connectivity index (χ2n) is 6.13. The lowest BCUT2D eigenvalue weighted by Crippen LogP contribution is -2.23. The number of alkyl halides is 6. The van der Waals surface area contributed by atoms with E-state index in [9.17, 15) is 31.1 Å². The number of hydrogen-bond donors (Lipinski definition) is 0. The van der Waals surface area contributed by atoms with Crippen LogP contribution in [-0.4, -0.2) is 26.9 Å². The van der Waals surface area contributed by atoms with E-state index < -0.39 is 40.7 Å². The minimum Gasteiger partial charge on any atom is -0.284 e. The monoisotopic (exact) mass is 387 g/mol. The van der Waals surface area contributed by atoms with Crippen molar-refractivity contribution in [3.8, 4) is 0 Å². The van der Waals surface area contributed by atoms with Gasteiger partial charge in [-0.05, 0) is 12.1 Å². The number of nitrogens with zero attached hydrogens (tertiary/aromatic N) is 3. The smallest absolute Gasteiger partial charge is 0.284 e. The number of carbonyl (C=O) groups excluding carboxylic acids is 1. The summed E-state index contributed by atoms with van der Waals surface area (Å²) in [6.07, 6.45) is -9.01. The van der Waals surface area contributed by atoms with Gasteiger partial charge in [-0.25, -0.2) is 9.97 Å². The summed E-state index contributed by atoms with van der Waals surface area (Å²) in [6.45, 7) is 3.16. The highest BCUT2D eigenvalue weighted by molar-refractivity contribution is 6.17. The van der Waals surface area contributed by atoms with Crippen LogP contribution in [0.15, 0.2) is 24.4 Å². The van der Waals surface area contributed by atoms with E-state index in [-0.39, 0.29) is 22.2 Å². The first-order valence-corrected chi connectivity index (χ1v) is 7.69. The molecule has 10 heteroatoms. The van der Waals surface area contributed by atoms with Crippen LogP contribution in [0.4, 0.5) is 26.3 Å². The number of benzene rings is 1. The molecule has 0 saturated carbocycles. The van der Waals surface area contributed by atoms with E-state index in [4.69, 9.17) is 0 Å². The SMILES string of the molecule is CC(C)c1nc(C(F)(F)F)c2cc(C(=O)C(F)(F)F)c3cccnc3c2n1. The van der Waals surface area contributed by atoms with Gasteiger partial charge in [-0.2, -0.15) is 26.3 Å². The predicted octanol–water partition coefficient (Wildman–Crippen LogP) is 5.07. The van der Waals surface area contributed by atoms with E-state index in [1.54, 1.807) is 13.8 Å². The van der Waals surface area contributed by atoms with E-state index in [2.05, 4.69) is 15.0 Å². The molecule has 0 saturated heterocycles. The molecule has 2 heterocycles. The van der Waals surface area contributed by atoms with Crippen LogP contribution in [0.5, 0.6) is 0 Å². The summed E-state index contributed by atoms with van der Waals surface area (Å²) < 4.78 is 79.4. The third-order valence-electron chi connectivity index (χ3n) is 3.86. The first kappa shape index (κ1) is 19.0. The maximum atomic E-state index is 13.5.